The molecule has 1 amide bonds. The Morgan fingerprint density at radius 2 is 1.77 bits per heavy atom. The molecule has 0 atom stereocenters. The smallest absolute Gasteiger partial charge is 0.230 e. The lowest BCUT2D eigenvalue weighted by molar-refractivity contribution is -0.115. The van der Waals surface area contributed by atoms with Gasteiger partial charge < -0.3 is 0 Å². The van der Waals surface area contributed by atoms with Gasteiger partial charge in [0.1, 0.15) is 11.6 Å². The van der Waals surface area contributed by atoms with Gasteiger partial charge in [0.15, 0.2) is 10.9 Å². The van der Waals surface area contributed by atoms with Crippen molar-refractivity contribution in [2.75, 3.05) is 4.90 Å². The lowest BCUT2D eigenvalue weighted by Crippen LogP contribution is -2.23. The number of rotatable bonds is 5. The number of thiazole rings is 1. The van der Waals surface area contributed by atoms with Crippen LogP contribution in [0.5, 0.6) is 0 Å². The summed E-state index contributed by atoms with van der Waals surface area (Å²) in [5.74, 6) is -2.26. The number of hydrogen-bond acceptors (Lipinski definition) is 4. The van der Waals surface area contributed by atoms with Crippen molar-refractivity contribution in [1.82, 2.24) is 4.98 Å². The van der Waals surface area contributed by atoms with E-state index in [0.717, 1.165) is 33.1 Å². The first-order valence-electron chi connectivity index (χ1n) is 9.35. The van der Waals surface area contributed by atoms with Gasteiger partial charge in [-0.05, 0) is 41.1 Å². The molecule has 0 saturated carbocycles. The maximum Gasteiger partial charge on any atom is 0.230 e. The minimum absolute atomic E-state index is 0.0916. The molecule has 3 aromatic carbocycles. The quantitative estimate of drug-likeness (QED) is 0.279. The van der Waals surface area contributed by atoms with E-state index in [9.17, 15) is 18.4 Å². The average Bonchev–Trinajstić information content (AvgIpc) is 3.21. The number of fused-ring (bicyclic) bond motifs is 1. The van der Waals surface area contributed by atoms with Crippen LogP contribution in [-0.2, 0) is 4.79 Å². The van der Waals surface area contributed by atoms with Gasteiger partial charge in [0, 0.05) is 23.9 Å². The number of anilines is 2. The van der Waals surface area contributed by atoms with Crippen LogP contribution in [0, 0.1) is 11.6 Å². The number of allylic oxidation sites excluding steroid dienone is 1. The van der Waals surface area contributed by atoms with Crippen molar-refractivity contribution < 1.29 is 18.4 Å². The maximum atomic E-state index is 14.2. The fraction of sp³-hybridized carbons (Fsp3) is 0.0417. The van der Waals surface area contributed by atoms with E-state index in [1.807, 2.05) is 36.4 Å². The Hall–Kier alpha value is -3.71. The second-order valence-electron chi connectivity index (χ2n) is 6.76. The number of carbonyl (C=O) groups excluding carboxylic acids is 2. The predicted octanol–water partition coefficient (Wildman–Crippen LogP) is 6.16. The molecule has 7 heteroatoms. The number of nitrogens with zero attached hydrogens (tertiary/aromatic N) is 2. The van der Waals surface area contributed by atoms with Crippen LogP contribution < -0.4 is 4.90 Å². The van der Waals surface area contributed by atoms with Gasteiger partial charge >= 0.3 is 0 Å². The fourth-order valence-corrected chi connectivity index (χ4v) is 3.97. The van der Waals surface area contributed by atoms with Gasteiger partial charge in [-0.15, -0.1) is 11.3 Å². The van der Waals surface area contributed by atoms with Crippen LogP contribution in [0.1, 0.15) is 23.0 Å². The molecule has 0 spiro atoms. The minimum atomic E-state index is -0.867. The standard InChI is InChI=1S/C24H16F2N2O2S/c1-15(29)28(22-10-8-19(25)13-21(22)26)24-27-20(14-31-24)9-11-23(30)18-7-6-16-4-2-3-5-17(16)12-18/h2-14H,1H3/b11-9+. The summed E-state index contributed by atoms with van der Waals surface area (Å²) in [7, 11) is 0. The Balaban J connectivity index is 1.57. The Bertz CT molecular complexity index is 1330. The summed E-state index contributed by atoms with van der Waals surface area (Å²) >= 11 is 1.11. The molecule has 154 valence electrons. The summed E-state index contributed by atoms with van der Waals surface area (Å²) in [6, 6.07) is 16.2. The van der Waals surface area contributed by atoms with Crippen LogP contribution in [0.3, 0.4) is 0 Å². The van der Waals surface area contributed by atoms with Crippen molar-refractivity contribution >= 4 is 50.7 Å². The molecule has 1 aromatic heterocycles. The molecule has 0 aliphatic carbocycles. The molecule has 0 saturated heterocycles. The van der Waals surface area contributed by atoms with Gasteiger partial charge in [-0.3, -0.25) is 14.5 Å². The van der Waals surface area contributed by atoms with E-state index in [4.69, 9.17) is 0 Å². The fourth-order valence-electron chi connectivity index (χ4n) is 3.13. The van der Waals surface area contributed by atoms with Crippen LogP contribution in [0.2, 0.25) is 0 Å². The van der Waals surface area contributed by atoms with Crippen LogP contribution in [0.4, 0.5) is 19.6 Å². The molecule has 0 fully saturated rings. The topological polar surface area (TPSA) is 50.3 Å². The minimum Gasteiger partial charge on any atom is -0.289 e. The molecule has 0 aliphatic rings. The second-order valence-corrected chi connectivity index (χ2v) is 7.60. The summed E-state index contributed by atoms with van der Waals surface area (Å²) in [5.41, 5.74) is 0.901. The average molecular weight is 434 g/mol. The number of hydrogen-bond donors (Lipinski definition) is 0. The zero-order valence-corrected chi connectivity index (χ0v) is 17.2. The van der Waals surface area contributed by atoms with E-state index in [2.05, 4.69) is 4.98 Å². The van der Waals surface area contributed by atoms with E-state index in [0.29, 0.717) is 17.3 Å². The van der Waals surface area contributed by atoms with Crippen LogP contribution in [0.25, 0.3) is 16.8 Å². The normalized spacial score (nSPS) is 11.2. The van der Waals surface area contributed by atoms with Gasteiger partial charge in [0.25, 0.3) is 0 Å². The predicted molar refractivity (Wildman–Crippen MR) is 119 cm³/mol. The maximum absolute atomic E-state index is 14.2. The number of carbonyl (C=O) groups is 2. The summed E-state index contributed by atoms with van der Waals surface area (Å²) < 4.78 is 27.4. The molecule has 4 rings (SSSR count). The van der Waals surface area contributed by atoms with E-state index < -0.39 is 17.5 Å². The Labute approximate surface area is 181 Å². The number of ketones is 1. The first-order valence-corrected chi connectivity index (χ1v) is 10.2. The molecule has 0 aliphatic heterocycles. The highest BCUT2D eigenvalue weighted by Gasteiger charge is 2.21. The van der Waals surface area contributed by atoms with Crippen LogP contribution >= 0.6 is 11.3 Å². The van der Waals surface area contributed by atoms with Crippen molar-refractivity contribution in [3.8, 4) is 0 Å². The third kappa shape index (κ3) is 4.41. The zero-order valence-electron chi connectivity index (χ0n) is 16.4. The Morgan fingerprint density at radius 1 is 1.00 bits per heavy atom. The first-order chi connectivity index (χ1) is 14.9. The van der Waals surface area contributed by atoms with E-state index >= 15 is 0 Å². The summed E-state index contributed by atoms with van der Waals surface area (Å²) in [6.07, 6.45) is 2.94. The molecule has 0 N–H and O–H groups in total. The number of amides is 1. The van der Waals surface area contributed by atoms with Crippen molar-refractivity contribution in [2.45, 2.75) is 6.92 Å². The number of benzene rings is 3. The van der Waals surface area contributed by atoms with Crippen molar-refractivity contribution in [3.63, 3.8) is 0 Å². The molecule has 4 aromatic rings. The van der Waals surface area contributed by atoms with Gasteiger partial charge in [-0.2, -0.15) is 0 Å². The largest absolute Gasteiger partial charge is 0.289 e. The highest BCUT2D eigenvalue weighted by molar-refractivity contribution is 7.14. The third-order valence-corrected chi connectivity index (χ3v) is 5.45. The van der Waals surface area contributed by atoms with Crippen LogP contribution in [0.15, 0.2) is 72.1 Å². The van der Waals surface area contributed by atoms with Gasteiger partial charge in [-0.25, -0.2) is 13.8 Å². The highest BCUT2D eigenvalue weighted by Crippen LogP contribution is 2.31. The summed E-state index contributed by atoms with van der Waals surface area (Å²) in [5, 5.41) is 3.88. The molecule has 4 nitrogen and oxygen atoms in total. The number of aromatic nitrogens is 1. The molecule has 0 unspecified atom stereocenters. The zero-order chi connectivity index (χ0) is 22.0. The summed E-state index contributed by atoms with van der Waals surface area (Å²) in [4.78, 5) is 30.0. The molecule has 0 bridgehead atoms. The molecule has 1 heterocycles. The SMILES string of the molecule is CC(=O)N(c1nc(/C=C/C(=O)c2ccc3ccccc3c2)cs1)c1ccc(F)cc1F. The van der Waals surface area contributed by atoms with Crippen molar-refractivity contribution in [1.29, 1.82) is 0 Å². The third-order valence-electron chi connectivity index (χ3n) is 4.61. The lowest BCUT2D eigenvalue weighted by Gasteiger charge is -2.18. The molecular formula is C24H16F2N2O2S. The van der Waals surface area contributed by atoms with E-state index in [-0.39, 0.29) is 16.6 Å². The second kappa shape index (κ2) is 8.57. The first kappa shape index (κ1) is 20.6. The van der Waals surface area contributed by atoms with Crippen molar-refractivity contribution in [2.24, 2.45) is 0 Å². The van der Waals surface area contributed by atoms with E-state index in [1.54, 1.807) is 11.4 Å². The van der Waals surface area contributed by atoms with Gasteiger partial charge in [0.05, 0.1) is 11.4 Å². The van der Waals surface area contributed by atoms with E-state index in [1.165, 1.54) is 25.1 Å². The molecule has 0 radical (unpaired) electrons. The highest BCUT2D eigenvalue weighted by atomic mass is 32.1. The Kier molecular flexibility index (Phi) is 5.68. The Morgan fingerprint density at radius 3 is 2.52 bits per heavy atom. The van der Waals surface area contributed by atoms with Gasteiger partial charge in [0.2, 0.25) is 5.91 Å². The molecular weight excluding hydrogens is 418 g/mol. The van der Waals surface area contributed by atoms with Gasteiger partial charge in [-0.1, -0.05) is 36.4 Å². The van der Waals surface area contributed by atoms with Crippen molar-refractivity contribution in [3.05, 3.63) is 95.0 Å². The lowest BCUT2D eigenvalue weighted by atomic mass is 10.0. The van der Waals surface area contributed by atoms with Crippen LogP contribution in [-0.4, -0.2) is 16.7 Å². The monoisotopic (exact) mass is 434 g/mol. The summed E-state index contributed by atoms with van der Waals surface area (Å²) in [6.45, 7) is 1.27. The number of halogens is 2. The molecule has 31 heavy (non-hydrogen) atoms.